The SMILES string of the molecule is CN1CCN(C2=NC(=O)/C(=C\c3cccs3)S2)CC1. The van der Waals surface area contributed by atoms with Crippen LogP contribution in [0.25, 0.3) is 6.08 Å². The number of carbonyl (C=O) groups excluding carboxylic acids is 1. The van der Waals surface area contributed by atoms with Crippen molar-refractivity contribution in [3.63, 3.8) is 0 Å². The molecule has 1 fully saturated rings. The Morgan fingerprint density at radius 3 is 2.79 bits per heavy atom. The average Bonchev–Trinajstić information content (AvgIpc) is 3.02. The van der Waals surface area contributed by atoms with Crippen molar-refractivity contribution in [3.05, 3.63) is 27.3 Å². The highest BCUT2D eigenvalue weighted by atomic mass is 32.2. The van der Waals surface area contributed by atoms with Crippen molar-refractivity contribution in [2.75, 3.05) is 33.2 Å². The molecule has 0 radical (unpaired) electrons. The number of amidine groups is 1. The minimum absolute atomic E-state index is 0.104. The third-order valence-corrected chi connectivity index (χ3v) is 5.06. The summed E-state index contributed by atoms with van der Waals surface area (Å²) in [6.07, 6.45) is 1.93. The molecule has 19 heavy (non-hydrogen) atoms. The molecule has 1 aromatic heterocycles. The van der Waals surface area contributed by atoms with Gasteiger partial charge in [-0.05, 0) is 36.3 Å². The number of likely N-dealkylation sites (N-methyl/N-ethyl adjacent to an activating group) is 1. The number of thioether (sulfide) groups is 1. The van der Waals surface area contributed by atoms with Gasteiger partial charge in [0.05, 0.1) is 4.91 Å². The molecule has 4 nitrogen and oxygen atoms in total. The molecule has 3 heterocycles. The summed E-state index contributed by atoms with van der Waals surface area (Å²) in [6, 6.07) is 4.00. The Morgan fingerprint density at radius 1 is 1.32 bits per heavy atom. The molecule has 0 N–H and O–H groups in total. The van der Waals surface area contributed by atoms with Gasteiger partial charge in [0.25, 0.3) is 5.91 Å². The van der Waals surface area contributed by atoms with Gasteiger partial charge < -0.3 is 9.80 Å². The number of amides is 1. The smallest absolute Gasteiger partial charge is 0.286 e. The van der Waals surface area contributed by atoms with E-state index in [1.165, 1.54) is 11.8 Å². The Hall–Kier alpha value is -1.11. The van der Waals surface area contributed by atoms with Crippen molar-refractivity contribution in [2.45, 2.75) is 0 Å². The van der Waals surface area contributed by atoms with Crippen LogP contribution in [0.1, 0.15) is 4.88 Å². The standard InChI is InChI=1S/C13H15N3OS2/c1-15-4-6-16(7-5-15)13-14-12(17)11(19-13)9-10-3-2-8-18-10/h2-3,8-9H,4-7H2,1H3/b11-9+. The molecule has 0 aliphatic carbocycles. The van der Waals surface area contributed by atoms with Gasteiger partial charge >= 0.3 is 0 Å². The number of hydrogen-bond donors (Lipinski definition) is 0. The fourth-order valence-electron chi connectivity index (χ4n) is 2.03. The first-order valence-corrected chi connectivity index (χ1v) is 7.91. The van der Waals surface area contributed by atoms with E-state index in [1.54, 1.807) is 11.3 Å². The van der Waals surface area contributed by atoms with Crippen LogP contribution in [0.3, 0.4) is 0 Å². The lowest BCUT2D eigenvalue weighted by molar-refractivity contribution is -0.113. The zero-order valence-corrected chi connectivity index (χ0v) is 12.3. The largest absolute Gasteiger partial charge is 0.348 e. The van der Waals surface area contributed by atoms with Crippen LogP contribution in [-0.2, 0) is 4.79 Å². The Labute approximate surface area is 120 Å². The first-order valence-electron chi connectivity index (χ1n) is 6.22. The lowest BCUT2D eigenvalue weighted by Crippen LogP contribution is -2.46. The van der Waals surface area contributed by atoms with Crippen molar-refractivity contribution in [2.24, 2.45) is 4.99 Å². The number of hydrogen-bond acceptors (Lipinski definition) is 5. The molecule has 100 valence electrons. The summed E-state index contributed by atoms with van der Waals surface area (Å²) < 4.78 is 0. The summed E-state index contributed by atoms with van der Waals surface area (Å²) in [7, 11) is 2.12. The van der Waals surface area contributed by atoms with Crippen LogP contribution in [-0.4, -0.2) is 54.1 Å². The van der Waals surface area contributed by atoms with E-state index in [4.69, 9.17) is 0 Å². The average molecular weight is 293 g/mol. The summed E-state index contributed by atoms with van der Waals surface area (Å²) in [5, 5.41) is 2.87. The van der Waals surface area contributed by atoms with E-state index < -0.39 is 0 Å². The Kier molecular flexibility index (Phi) is 3.72. The van der Waals surface area contributed by atoms with Crippen LogP contribution >= 0.6 is 23.1 Å². The van der Waals surface area contributed by atoms with E-state index in [0.717, 1.165) is 41.1 Å². The fourth-order valence-corrected chi connectivity index (χ4v) is 3.72. The monoisotopic (exact) mass is 293 g/mol. The second kappa shape index (κ2) is 5.48. The van der Waals surface area contributed by atoms with Crippen molar-refractivity contribution < 1.29 is 4.79 Å². The van der Waals surface area contributed by atoms with Crippen molar-refractivity contribution in [3.8, 4) is 0 Å². The Bertz CT molecular complexity index is 528. The molecule has 0 bridgehead atoms. The molecule has 1 aromatic rings. The highest BCUT2D eigenvalue weighted by Crippen LogP contribution is 2.31. The molecule has 0 aromatic carbocycles. The molecule has 0 atom stereocenters. The second-order valence-corrected chi connectivity index (χ2v) is 6.60. The van der Waals surface area contributed by atoms with Crippen LogP contribution in [0, 0.1) is 0 Å². The van der Waals surface area contributed by atoms with E-state index >= 15 is 0 Å². The quantitative estimate of drug-likeness (QED) is 0.742. The molecule has 0 saturated carbocycles. The first-order chi connectivity index (χ1) is 9.22. The van der Waals surface area contributed by atoms with Crippen molar-refractivity contribution in [1.82, 2.24) is 9.80 Å². The molecular weight excluding hydrogens is 278 g/mol. The molecule has 1 amide bonds. The maximum atomic E-state index is 11.9. The molecule has 3 rings (SSSR count). The van der Waals surface area contributed by atoms with E-state index in [2.05, 4.69) is 21.8 Å². The van der Waals surface area contributed by atoms with Crippen LogP contribution in [0.15, 0.2) is 27.4 Å². The summed E-state index contributed by atoms with van der Waals surface area (Å²) in [4.78, 5) is 22.4. The second-order valence-electron chi connectivity index (χ2n) is 4.62. The molecule has 0 spiro atoms. The van der Waals surface area contributed by atoms with Crippen LogP contribution in [0.4, 0.5) is 0 Å². The molecule has 1 saturated heterocycles. The first kappa shape index (κ1) is 12.9. The Balaban J connectivity index is 1.70. The lowest BCUT2D eigenvalue weighted by Gasteiger charge is -2.32. The van der Waals surface area contributed by atoms with Crippen molar-refractivity contribution in [1.29, 1.82) is 0 Å². The minimum Gasteiger partial charge on any atom is -0.348 e. The van der Waals surface area contributed by atoms with E-state index in [0.29, 0.717) is 0 Å². The summed E-state index contributed by atoms with van der Waals surface area (Å²) in [5.41, 5.74) is 0. The predicted molar refractivity (Wildman–Crippen MR) is 81.4 cm³/mol. The van der Waals surface area contributed by atoms with Gasteiger partial charge in [-0.1, -0.05) is 6.07 Å². The van der Waals surface area contributed by atoms with Gasteiger partial charge in [0.2, 0.25) is 0 Å². The number of carbonyl (C=O) groups is 1. The van der Waals surface area contributed by atoms with Gasteiger partial charge in [0.15, 0.2) is 5.17 Å². The van der Waals surface area contributed by atoms with Gasteiger partial charge in [0.1, 0.15) is 0 Å². The van der Waals surface area contributed by atoms with Crippen molar-refractivity contribution >= 4 is 40.2 Å². The van der Waals surface area contributed by atoms with Gasteiger partial charge in [-0.2, -0.15) is 4.99 Å². The Morgan fingerprint density at radius 2 is 2.11 bits per heavy atom. The lowest BCUT2D eigenvalue weighted by atomic mass is 10.3. The van der Waals surface area contributed by atoms with Gasteiger partial charge in [-0.25, -0.2) is 0 Å². The number of nitrogens with zero attached hydrogens (tertiary/aromatic N) is 3. The normalized spacial score (nSPS) is 23.2. The summed E-state index contributed by atoms with van der Waals surface area (Å²) in [5.74, 6) is -0.104. The van der Waals surface area contributed by atoms with E-state index in [9.17, 15) is 4.79 Å². The fraction of sp³-hybridized carbons (Fsp3) is 0.385. The van der Waals surface area contributed by atoms with Gasteiger partial charge in [0, 0.05) is 31.1 Å². The highest BCUT2D eigenvalue weighted by Gasteiger charge is 2.27. The maximum absolute atomic E-state index is 11.9. The number of piperazine rings is 1. The number of rotatable bonds is 1. The zero-order chi connectivity index (χ0) is 13.2. The molecule has 0 unspecified atom stereocenters. The van der Waals surface area contributed by atoms with E-state index in [1.807, 2.05) is 23.6 Å². The molecule has 2 aliphatic heterocycles. The van der Waals surface area contributed by atoms with E-state index in [-0.39, 0.29) is 5.91 Å². The number of thiophene rings is 1. The van der Waals surface area contributed by atoms with Crippen LogP contribution in [0.5, 0.6) is 0 Å². The molecule has 2 aliphatic rings. The summed E-state index contributed by atoms with van der Waals surface area (Å²) in [6.45, 7) is 3.94. The third kappa shape index (κ3) is 2.91. The number of aliphatic imine (C=N–C) groups is 1. The van der Waals surface area contributed by atoms with Gasteiger partial charge in [-0.3, -0.25) is 4.79 Å². The zero-order valence-electron chi connectivity index (χ0n) is 10.7. The predicted octanol–water partition coefficient (Wildman–Crippen LogP) is 1.97. The topological polar surface area (TPSA) is 35.9 Å². The third-order valence-electron chi connectivity index (χ3n) is 3.20. The highest BCUT2D eigenvalue weighted by molar-refractivity contribution is 8.18. The molecule has 6 heteroatoms. The van der Waals surface area contributed by atoms with Gasteiger partial charge in [-0.15, -0.1) is 11.3 Å². The maximum Gasteiger partial charge on any atom is 0.286 e. The minimum atomic E-state index is -0.104. The van der Waals surface area contributed by atoms with Crippen LogP contribution in [0.2, 0.25) is 0 Å². The van der Waals surface area contributed by atoms with Crippen LogP contribution < -0.4 is 0 Å². The molecular formula is C13H15N3OS2. The summed E-state index contributed by atoms with van der Waals surface area (Å²) >= 11 is 3.14.